The summed E-state index contributed by atoms with van der Waals surface area (Å²) in [6.45, 7) is 0. The highest BCUT2D eigenvalue weighted by Gasteiger charge is 2.07. The van der Waals surface area contributed by atoms with Crippen molar-refractivity contribution in [2.24, 2.45) is 0 Å². The summed E-state index contributed by atoms with van der Waals surface area (Å²) in [5.74, 6) is -0.175. The molecular weight excluding hydrogens is 280 g/mol. The minimum absolute atomic E-state index is 0.175. The van der Waals surface area contributed by atoms with Gasteiger partial charge in [0.15, 0.2) is 0 Å². The van der Waals surface area contributed by atoms with E-state index < -0.39 is 0 Å². The number of carbonyl (C=O) groups excluding carboxylic acids is 1. The lowest BCUT2D eigenvalue weighted by Crippen LogP contribution is -2.11. The van der Waals surface area contributed by atoms with Gasteiger partial charge in [-0.25, -0.2) is 4.98 Å². The van der Waals surface area contributed by atoms with Crippen LogP contribution in [-0.4, -0.2) is 10.9 Å². The normalized spacial score (nSPS) is 10.6. The van der Waals surface area contributed by atoms with Gasteiger partial charge in [-0.2, -0.15) is 0 Å². The van der Waals surface area contributed by atoms with Crippen molar-refractivity contribution in [3.8, 4) is 0 Å². The molecule has 3 aromatic rings. The molecule has 0 aliphatic rings. The van der Waals surface area contributed by atoms with Gasteiger partial charge in [-0.05, 0) is 36.4 Å². The molecular formula is C14H9ClN2OS. The van der Waals surface area contributed by atoms with E-state index in [0.717, 1.165) is 15.9 Å². The zero-order valence-electron chi connectivity index (χ0n) is 9.76. The molecule has 19 heavy (non-hydrogen) atoms. The summed E-state index contributed by atoms with van der Waals surface area (Å²) >= 11 is 7.41. The Morgan fingerprint density at radius 3 is 2.95 bits per heavy atom. The molecule has 1 N–H and O–H groups in total. The number of nitrogens with one attached hydrogen (secondary N) is 1. The second-order valence-corrected chi connectivity index (χ2v) is 5.32. The molecule has 0 aliphatic carbocycles. The Hall–Kier alpha value is -1.91. The number of thiazole rings is 1. The van der Waals surface area contributed by atoms with Gasteiger partial charge in [-0.15, -0.1) is 11.3 Å². The maximum atomic E-state index is 12.1. The van der Waals surface area contributed by atoms with Crippen LogP contribution >= 0.6 is 22.9 Å². The molecule has 0 radical (unpaired) electrons. The average molecular weight is 289 g/mol. The summed E-state index contributed by atoms with van der Waals surface area (Å²) in [6.07, 6.45) is 0. The van der Waals surface area contributed by atoms with Crippen molar-refractivity contribution >= 4 is 44.7 Å². The van der Waals surface area contributed by atoms with Gasteiger partial charge in [0.2, 0.25) is 0 Å². The first-order chi connectivity index (χ1) is 9.22. The molecule has 2 aromatic carbocycles. The zero-order valence-corrected chi connectivity index (χ0v) is 11.3. The van der Waals surface area contributed by atoms with Crippen LogP contribution in [0.3, 0.4) is 0 Å². The lowest BCUT2D eigenvalue weighted by atomic mass is 10.2. The number of hydrogen-bond acceptors (Lipinski definition) is 3. The molecule has 0 unspecified atom stereocenters. The first kappa shape index (κ1) is 12.1. The van der Waals surface area contributed by atoms with E-state index in [1.165, 1.54) is 0 Å². The van der Waals surface area contributed by atoms with Crippen LogP contribution in [0, 0.1) is 0 Å². The number of rotatable bonds is 2. The predicted molar refractivity (Wildman–Crippen MR) is 79.0 cm³/mol. The van der Waals surface area contributed by atoms with Gasteiger partial charge in [-0.1, -0.05) is 17.7 Å². The van der Waals surface area contributed by atoms with Gasteiger partial charge in [0.25, 0.3) is 5.91 Å². The van der Waals surface area contributed by atoms with E-state index in [9.17, 15) is 4.79 Å². The largest absolute Gasteiger partial charge is 0.322 e. The van der Waals surface area contributed by atoms with E-state index in [0.29, 0.717) is 10.6 Å². The highest BCUT2D eigenvalue weighted by Crippen LogP contribution is 2.22. The fourth-order valence-corrected chi connectivity index (χ4v) is 2.67. The third-order valence-corrected chi connectivity index (χ3v) is 3.70. The Labute approximate surface area is 118 Å². The van der Waals surface area contributed by atoms with Gasteiger partial charge < -0.3 is 5.32 Å². The van der Waals surface area contributed by atoms with Crippen molar-refractivity contribution in [1.29, 1.82) is 0 Å². The Kier molecular flexibility index (Phi) is 3.19. The standard InChI is InChI=1S/C14H9ClN2OS/c15-10-3-1-2-9(6-10)14(18)17-11-4-5-12-13(7-11)19-8-16-12/h1-8H,(H,17,18). The molecule has 0 bridgehead atoms. The number of fused-ring (bicyclic) bond motifs is 1. The van der Waals surface area contributed by atoms with Crippen molar-refractivity contribution in [2.45, 2.75) is 0 Å². The maximum absolute atomic E-state index is 12.1. The van der Waals surface area contributed by atoms with Gasteiger partial charge >= 0.3 is 0 Å². The highest BCUT2D eigenvalue weighted by atomic mass is 35.5. The average Bonchev–Trinajstić information content (AvgIpc) is 2.86. The van der Waals surface area contributed by atoms with Crippen LogP contribution in [0.15, 0.2) is 48.0 Å². The number of benzene rings is 2. The second kappa shape index (κ2) is 4.99. The van der Waals surface area contributed by atoms with Crippen LogP contribution in [0.4, 0.5) is 5.69 Å². The molecule has 1 aromatic heterocycles. The van der Waals surface area contributed by atoms with E-state index in [1.54, 1.807) is 41.1 Å². The Morgan fingerprint density at radius 1 is 1.21 bits per heavy atom. The fraction of sp³-hybridized carbons (Fsp3) is 0. The fourth-order valence-electron chi connectivity index (χ4n) is 1.77. The summed E-state index contributed by atoms with van der Waals surface area (Å²) in [6, 6.07) is 12.5. The molecule has 0 atom stereocenters. The van der Waals surface area contributed by atoms with Crippen LogP contribution < -0.4 is 5.32 Å². The highest BCUT2D eigenvalue weighted by molar-refractivity contribution is 7.16. The van der Waals surface area contributed by atoms with Gasteiger partial charge in [0.1, 0.15) is 0 Å². The first-order valence-electron chi connectivity index (χ1n) is 5.62. The topological polar surface area (TPSA) is 42.0 Å². The third kappa shape index (κ3) is 2.59. The summed E-state index contributed by atoms with van der Waals surface area (Å²) in [4.78, 5) is 16.3. The number of carbonyl (C=O) groups is 1. The predicted octanol–water partition coefficient (Wildman–Crippen LogP) is 4.20. The summed E-state index contributed by atoms with van der Waals surface area (Å²) < 4.78 is 1.05. The third-order valence-electron chi connectivity index (χ3n) is 2.68. The molecule has 0 spiro atoms. The minimum Gasteiger partial charge on any atom is -0.322 e. The van der Waals surface area contributed by atoms with Crippen LogP contribution in [0.2, 0.25) is 5.02 Å². The van der Waals surface area contributed by atoms with Gasteiger partial charge in [0, 0.05) is 16.3 Å². The number of nitrogens with zero attached hydrogens (tertiary/aromatic N) is 1. The Bertz CT molecular complexity index is 754. The zero-order chi connectivity index (χ0) is 13.2. The lowest BCUT2D eigenvalue weighted by molar-refractivity contribution is 0.102. The Morgan fingerprint density at radius 2 is 2.11 bits per heavy atom. The quantitative estimate of drug-likeness (QED) is 0.768. The molecule has 3 rings (SSSR count). The molecule has 0 saturated carbocycles. The van der Waals surface area contributed by atoms with Crippen molar-refractivity contribution in [1.82, 2.24) is 4.98 Å². The van der Waals surface area contributed by atoms with E-state index in [2.05, 4.69) is 10.3 Å². The Balaban J connectivity index is 1.86. The molecule has 0 aliphatic heterocycles. The molecule has 3 nitrogen and oxygen atoms in total. The summed E-state index contributed by atoms with van der Waals surface area (Å²) in [7, 11) is 0. The first-order valence-corrected chi connectivity index (χ1v) is 6.88. The number of aromatic nitrogens is 1. The van der Waals surface area contributed by atoms with E-state index in [-0.39, 0.29) is 5.91 Å². The van der Waals surface area contributed by atoms with Crippen LogP contribution in [0.1, 0.15) is 10.4 Å². The number of amides is 1. The van der Waals surface area contributed by atoms with Crippen LogP contribution in [0.25, 0.3) is 10.2 Å². The summed E-state index contributed by atoms with van der Waals surface area (Å²) in [5.41, 5.74) is 4.01. The molecule has 5 heteroatoms. The van der Waals surface area contributed by atoms with Crippen LogP contribution in [0.5, 0.6) is 0 Å². The van der Waals surface area contributed by atoms with Crippen molar-refractivity contribution < 1.29 is 4.79 Å². The monoisotopic (exact) mass is 288 g/mol. The van der Waals surface area contributed by atoms with Crippen molar-refractivity contribution in [3.63, 3.8) is 0 Å². The molecule has 0 saturated heterocycles. The number of anilines is 1. The summed E-state index contributed by atoms with van der Waals surface area (Å²) in [5, 5.41) is 3.40. The van der Waals surface area contributed by atoms with Crippen molar-refractivity contribution in [2.75, 3.05) is 5.32 Å². The minimum atomic E-state index is -0.175. The SMILES string of the molecule is O=C(Nc1ccc2ncsc2c1)c1cccc(Cl)c1. The lowest BCUT2D eigenvalue weighted by Gasteiger charge is -2.05. The van der Waals surface area contributed by atoms with E-state index >= 15 is 0 Å². The molecule has 0 fully saturated rings. The second-order valence-electron chi connectivity index (χ2n) is 4.00. The number of hydrogen-bond donors (Lipinski definition) is 1. The van der Waals surface area contributed by atoms with E-state index in [4.69, 9.17) is 11.6 Å². The molecule has 94 valence electrons. The maximum Gasteiger partial charge on any atom is 0.255 e. The van der Waals surface area contributed by atoms with Crippen LogP contribution in [-0.2, 0) is 0 Å². The van der Waals surface area contributed by atoms with Gasteiger partial charge in [0.05, 0.1) is 15.7 Å². The van der Waals surface area contributed by atoms with Crippen molar-refractivity contribution in [3.05, 3.63) is 58.6 Å². The molecule has 1 amide bonds. The van der Waals surface area contributed by atoms with E-state index in [1.807, 2.05) is 18.2 Å². The molecule has 1 heterocycles. The van der Waals surface area contributed by atoms with Gasteiger partial charge in [-0.3, -0.25) is 4.79 Å². The smallest absolute Gasteiger partial charge is 0.255 e. The number of halogens is 1.